The van der Waals surface area contributed by atoms with Gasteiger partial charge in [0.05, 0.1) is 23.8 Å². The van der Waals surface area contributed by atoms with Crippen molar-refractivity contribution < 1.29 is 18.0 Å². The van der Waals surface area contributed by atoms with Crippen LogP contribution in [0, 0.1) is 0 Å². The second-order valence-electron chi connectivity index (χ2n) is 6.18. The second kappa shape index (κ2) is 8.73. The molecule has 0 radical (unpaired) electrons. The van der Waals surface area contributed by atoms with Gasteiger partial charge in [0.1, 0.15) is 5.82 Å². The van der Waals surface area contributed by atoms with Crippen LogP contribution in [0.3, 0.4) is 0 Å². The molecule has 1 aromatic heterocycles. The quantitative estimate of drug-likeness (QED) is 0.823. The Morgan fingerprint density at radius 2 is 2.11 bits per heavy atom. The van der Waals surface area contributed by atoms with Gasteiger partial charge in [-0.05, 0) is 12.1 Å². The lowest BCUT2D eigenvalue weighted by Crippen LogP contribution is -2.49. The number of halogens is 4. The van der Waals surface area contributed by atoms with Crippen molar-refractivity contribution in [3.05, 3.63) is 48.0 Å². The zero-order chi connectivity index (χ0) is 18.7. The summed E-state index contributed by atoms with van der Waals surface area (Å²) >= 11 is 0. The van der Waals surface area contributed by atoms with Gasteiger partial charge in [0.25, 0.3) is 0 Å². The number of carbonyl (C=O) groups is 1. The van der Waals surface area contributed by atoms with Crippen LogP contribution in [0.1, 0.15) is 17.4 Å². The van der Waals surface area contributed by atoms with E-state index >= 15 is 0 Å². The van der Waals surface area contributed by atoms with Crippen LogP contribution in [0.25, 0.3) is 0 Å². The van der Waals surface area contributed by atoms with E-state index in [1.807, 2.05) is 22.7 Å². The molecule has 2 aromatic rings. The summed E-state index contributed by atoms with van der Waals surface area (Å²) in [7, 11) is 1.87. The lowest BCUT2D eigenvalue weighted by Gasteiger charge is -2.35. The molecule has 0 aliphatic carbocycles. The smallest absolute Gasteiger partial charge is 0.337 e. The Morgan fingerprint density at radius 1 is 1.37 bits per heavy atom. The molecule has 1 fully saturated rings. The van der Waals surface area contributed by atoms with Crippen molar-refractivity contribution in [2.24, 2.45) is 7.05 Å². The first-order chi connectivity index (χ1) is 12.4. The molecule has 1 aliphatic rings. The Morgan fingerprint density at radius 3 is 2.78 bits per heavy atom. The Bertz CT molecular complexity index is 780. The zero-order valence-corrected chi connectivity index (χ0v) is 15.5. The van der Waals surface area contributed by atoms with Gasteiger partial charge >= 0.3 is 6.18 Å². The monoisotopic (exact) mass is 403 g/mol. The van der Waals surface area contributed by atoms with Crippen LogP contribution in [-0.2, 0) is 18.0 Å². The highest BCUT2D eigenvalue weighted by Gasteiger charge is 2.34. The summed E-state index contributed by atoms with van der Waals surface area (Å²) < 4.78 is 41.1. The first-order valence-corrected chi connectivity index (χ1v) is 8.24. The number of benzene rings is 1. The molecule has 1 aromatic carbocycles. The van der Waals surface area contributed by atoms with E-state index in [4.69, 9.17) is 0 Å². The van der Waals surface area contributed by atoms with E-state index in [9.17, 15) is 18.0 Å². The molecule has 2 N–H and O–H groups in total. The number of hydrogen-bond donors (Lipinski definition) is 2. The summed E-state index contributed by atoms with van der Waals surface area (Å²) in [5.74, 6) is 0.323. The van der Waals surface area contributed by atoms with Crippen molar-refractivity contribution in [1.82, 2.24) is 19.8 Å². The minimum atomic E-state index is -4.52. The van der Waals surface area contributed by atoms with Gasteiger partial charge in [0.15, 0.2) is 0 Å². The topological polar surface area (TPSA) is 62.2 Å². The number of rotatable bonds is 4. The van der Waals surface area contributed by atoms with Crippen LogP contribution in [0.4, 0.5) is 18.9 Å². The lowest BCUT2D eigenvalue weighted by atomic mass is 10.1. The van der Waals surface area contributed by atoms with Crippen molar-refractivity contribution in [1.29, 1.82) is 0 Å². The first-order valence-electron chi connectivity index (χ1n) is 8.24. The highest BCUT2D eigenvalue weighted by atomic mass is 35.5. The minimum absolute atomic E-state index is 0. The summed E-state index contributed by atoms with van der Waals surface area (Å²) in [5.41, 5.74) is -1.08. The van der Waals surface area contributed by atoms with Crippen molar-refractivity contribution in [3.8, 4) is 0 Å². The maximum Gasteiger partial charge on any atom is 0.418 e. The predicted octanol–water partition coefficient (Wildman–Crippen LogP) is 2.45. The second-order valence-corrected chi connectivity index (χ2v) is 6.18. The van der Waals surface area contributed by atoms with Gasteiger partial charge < -0.3 is 15.2 Å². The summed E-state index contributed by atoms with van der Waals surface area (Å²) in [6.45, 7) is 1.92. The van der Waals surface area contributed by atoms with Crippen LogP contribution in [-0.4, -0.2) is 46.5 Å². The number of alkyl halides is 3. The van der Waals surface area contributed by atoms with Gasteiger partial charge in [-0.25, -0.2) is 4.98 Å². The maximum absolute atomic E-state index is 13.1. The number of nitrogens with one attached hydrogen (secondary N) is 2. The summed E-state index contributed by atoms with van der Waals surface area (Å²) in [5, 5.41) is 5.65. The molecule has 2 heterocycles. The molecule has 1 atom stereocenters. The fourth-order valence-electron chi connectivity index (χ4n) is 3.10. The molecule has 148 valence electrons. The Labute approximate surface area is 161 Å². The Kier molecular flexibility index (Phi) is 6.85. The number of hydrogen-bond acceptors (Lipinski definition) is 4. The van der Waals surface area contributed by atoms with Gasteiger partial charge in [-0.1, -0.05) is 12.1 Å². The number of aryl methyl sites for hydroxylation is 1. The number of para-hydroxylation sites is 1. The van der Waals surface area contributed by atoms with Crippen LogP contribution >= 0.6 is 12.4 Å². The number of carbonyl (C=O) groups excluding carboxylic acids is 1. The van der Waals surface area contributed by atoms with E-state index in [0.717, 1.165) is 11.9 Å². The molecule has 0 spiro atoms. The standard InChI is InChI=1S/C17H20F3N5O.ClH/c1-24-8-7-22-16(24)14-10-21-6-9-25(14)11-15(26)23-13-5-3-2-4-12(13)17(18,19)20;/h2-5,7-8,14,21H,6,9-11H2,1H3,(H,23,26);1H. The zero-order valence-electron chi connectivity index (χ0n) is 14.7. The average molecular weight is 404 g/mol. The minimum Gasteiger partial charge on any atom is -0.337 e. The van der Waals surface area contributed by atoms with Gasteiger partial charge in [0.2, 0.25) is 5.91 Å². The SMILES string of the molecule is Cl.Cn1ccnc1C1CNCCN1CC(=O)Nc1ccccc1C(F)(F)F. The van der Waals surface area contributed by atoms with E-state index in [-0.39, 0.29) is 30.7 Å². The average Bonchev–Trinajstić information content (AvgIpc) is 3.00. The van der Waals surface area contributed by atoms with E-state index < -0.39 is 17.6 Å². The van der Waals surface area contributed by atoms with Gasteiger partial charge in [-0.15, -0.1) is 12.4 Å². The molecule has 0 saturated carbocycles. The molecule has 3 rings (SSSR count). The maximum atomic E-state index is 13.1. The van der Waals surface area contributed by atoms with Gasteiger partial charge in [-0.3, -0.25) is 9.69 Å². The number of nitrogens with zero attached hydrogens (tertiary/aromatic N) is 3. The van der Waals surface area contributed by atoms with Gasteiger partial charge in [0, 0.05) is 39.1 Å². The van der Waals surface area contributed by atoms with Crippen LogP contribution in [0.5, 0.6) is 0 Å². The molecule has 1 amide bonds. The predicted molar refractivity (Wildman–Crippen MR) is 97.7 cm³/mol. The highest BCUT2D eigenvalue weighted by molar-refractivity contribution is 5.93. The molecule has 6 nitrogen and oxygen atoms in total. The van der Waals surface area contributed by atoms with Crippen LogP contribution in [0.15, 0.2) is 36.7 Å². The Hall–Kier alpha value is -2.10. The van der Waals surface area contributed by atoms with Gasteiger partial charge in [-0.2, -0.15) is 13.2 Å². The van der Waals surface area contributed by atoms with Crippen molar-refractivity contribution in [2.75, 3.05) is 31.5 Å². The number of piperazine rings is 1. The molecule has 27 heavy (non-hydrogen) atoms. The lowest BCUT2D eigenvalue weighted by molar-refractivity contribution is -0.137. The summed E-state index contributed by atoms with van der Waals surface area (Å²) in [6.07, 6.45) is -1.02. The number of anilines is 1. The number of imidazole rings is 1. The summed E-state index contributed by atoms with van der Waals surface area (Å²) in [4.78, 5) is 18.6. The van der Waals surface area contributed by atoms with E-state index in [2.05, 4.69) is 15.6 Å². The van der Waals surface area contributed by atoms with Crippen LogP contribution in [0.2, 0.25) is 0 Å². The molecule has 10 heteroatoms. The molecule has 0 bridgehead atoms. The first kappa shape index (κ1) is 21.2. The highest BCUT2D eigenvalue weighted by Crippen LogP contribution is 2.34. The third kappa shape index (κ3) is 5.00. The molecule has 1 saturated heterocycles. The van der Waals surface area contributed by atoms with Crippen molar-refractivity contribution in [3.63, 3.8) is 0 Å². The largest absolute Gasteiger partial charge is 0.418 e. The van der Waals surface area contributed by atoms with E-state index in [1.54, 1.807) is 6.20 Å². The fourth-order valence-corrected chi connectivity index (χ4v) is 3.10. The Balaban J connectivity index is 0.00000261. The third-order valence-corrected chi connectivity index (χ3v) is 4.36. The number of amides is 1. The van der Waals surface area contributed by atoms with Crippen LogP contribution < -0.4 is 10.6 Å². The number of aromatic nitrogens is 2. The molecule has 1 unspecified atom stereocenters. The molecular formula is C17H21ClF3N5O. The molecular weight excluding hydrogens is 383 g/mol. The normalized spacial score (nSPS) is 18.0. The fraction of sp³-hybridized carbons (Fsp3) is 0.412. The van der Waals surface area contributed by atoms with Crippen molar-refractivity contribution in [2.45, 2.75) is 12.2 Å². The molecule has 1 aliphatic heterocycles. The third-order valence-electron chi connectivity index (χ3n) is 4.36. The van der Waals surface area contributed by atoms with E-state index in [1.165, 1.54) is 18.2 Å². The van der Waals surface area contributed by atoms with E-state index in [0.29, 0.717) is 19.6 Å². The summed E-state index contributed by atoms with van der Waals surface area (Å²) in [6, 6.07) is 4.86. The van der Waals surface area contributed by atoms with Crippen molar-refractivity contribution >= 4 is 24.0 Å².